The second kappa shape index (κ2) is 7.76. The van der Waals surface area contributed by atoms with Gasteiger partial charge in [-0.3, -0.25) is 0 Å². The van der Waals surface area contributed by atoms with Crippen molar-refractivity contribution in [1.29, 1.82) is 0 Å². The van der Waals surface area contributed by atoms with E-state index in [0.29, 0.717) is 18.4 Å². The summed E-state index contributed by atoms with van der Waals surface area (Å²) < 4.78 is 40.6. The van der Waals surface area contributed by atoms with Crippen LogP contribution in [-0.4, -0.2) is 30.2 Å². The van der Waals surface area contributed by atoms with E-state index in [1.165, 1.54) is 25.7 Å². The van der Waals surface area contributed by atoms with E-state index in [1.54, 1.807) is 0 Å². The van der Waals surface area contributed by atoms with Crippen LogP contribution in [-0.2, 0) is 0 Å². The zero-order chi connectivity index (χ0) is 16.4. The van der Waals surface area contributed by atoms with Crippen LogP contribution in [0.2, 0.25) is 0 Å². The van der Waals surface area contributed by atoms with E-state index in [2.05, 4.69) is 0 Å². The van der Waals surface area contributed by atoms with Gasteiger partial charge in [-0.1, -0.05) is 0 Å². The Hall–Kier alpha value is -0.250. The number of alkyl halides is 3. The lowest BCUT2D eigenvalue weighted by atomic mass is 9.65. The van der Waals surface area contributed by atoms with Gasteiger partial charge in [-0.25, -0.2) is 13.2 Å². The van der Waals surface area contributed by atoms with E-state index < -0.39 is 18.5 Å². The zero-order valence-corrected chi connectivity index (χ0v) is 14.0. The van der Waals surface area contributed by atoms with Gasteiger partial charge in [0.2, 0.25) is 0 Å². The summed E-state index contributed by atoms with van der Waals surface area (Å²) >= 11 is 0. The largest absolute Gasteiger partial charge is 0.396 e. The highest BCUT2D eigenvalue weighted by molar-refractivity contribution is 4.91. The lowest BCUT2D eigenvalue weighted by Gasteiger charge is -2.41. The van der Waals surface area contributed by atoms with Crippen molar-refractivity contribution in [3.05, 3.63) is 0 Å². The standard InChI is InChI=1S/C19H31F3O/c20-17-9-16(10-18(21)19(17)22)15-7-5-14(6-8-15)13-3-1-12(11-23)2-4-13/h12-19,23H,1-11H2. The van der Waals surface area contributed by atoms with Crippen molar-refractivity contribution in [2.24, 2.45) is 29.6 Å². The topological polar surface area (TPSA) is 20.2 Å². The molecule has 3 aliphatic rings. The van der Waals surface area contributed by atoms with E-state index in [-0.39, 0.29) is 18.8 Å². The maximum Gasteiger partial charge on any atom is 0.162 e. The SMILES string of the molecule is OCC1CCC(C2CCC(C3CC(F)C(F)C(F)C3)CC2)CC1. The lowest BCUT2D eigenvalue weighted by molar-refractivity contribution is -0.00727. The fourth-order valence-electron chi connectivity index (χ4n) is 5.48. The van der Waals surface area contributed by atoms with Crippen LogP contribution in [0.1, 0.15) is 64.2 Å². The number of hydrogen-bond acceptors (Lipinski definition) is 1. The predicted octanol–water partition coefficient (Wildman–Crippen LogP) is 5.02. The molecule has 0 radical (unpaired) electrons. The normalized spacial score (nSPS) is 49.0. The molecule has 0 aromatic carbocycles. The number of halogens is 3. The van der Waals surface area contributed by atoms with Crippen molar-refractivity contribution in [3.8, 4) is 0 Å². The molecule has 134 valence electrons. The summed E-state index contributed by atoms with van der Waals surface area (Å²) in [5.74, 6) is 2.47. The van der Waals surface area contributed by atoms with Crippen LogP contribution in [0.3, 0.4) is 0 Å². The van der Waals surface area contributed by atoms with Crippen molar-refractivity contribution in [2.75, 3.05) is 6.61 Å². The van der Waals surface area contributed by atoms with Gasteiger partial charge in [0, 0.05) is 6.61 Å². The molecule has 3 saturated carbocycles. The Balaban J connectivity index is 1.45. The first-order chi connectivity index (χ1) is 11.1. The maximum atomic E-state index is 13.6. The molecule has 0 aromatic rings. The van der Waals surface area contributed by atoms with E-state index in [0.717, 1.165) is 37.5 Å². The number of aliphatic hydroxyl groups is 1. The lowest BCUT2D eigenvalue weighted by Crippen LogP contribution is -2.40. The molecule has 0 spiro atoms. The number of rotatable bonds is 3. The maximum absolute atomic E-state index is 13.6. The van der Waals surface area contributed by atoms with Gasteiger partial charge in [-0.05, 0) is 93.8 Å². The van der Waals surface area contributed by atoms with Crippen LogP contribution in [0.25, 0.3) is 0 Å². The molecule has 3 rings (SSSR count). The summed E-state index contributed by atoms with van der Waals surface area (Å²) in [7, 11) is 0. The van der Waals surface area contributed by atoms with Crippen LogP contribution >= 0.6 is 0 Å². The van der Waals surface area contributed by atoms with E-state index in [1.807, 2.05) is 0 Å². The summed E-state index contributed by atoms with van der Waals surface area (Å²) in [6.45, 7) is 0.325. The molecule has 0 amide bonds. The average molecular weight is 332 g/mol. The summed E-state index contributed by atoms with van der Waals surface area (Å²) in [5, 5.41) is 9.24. The Morgan fingerprint density at radius 2 is 1.00 bits per heavy atom. The molecule has 1 N–H and O–H groups in total. The van der Waals surface area contributed by atoms with Crippen LogP contribution < -0.4 is 0 Å². The van der Waals surface area contributed by atoms with Gasteiger partial charge in [-0.15, -0.1) is 0 Å². The van der Waals surface area contributed by atoms with Gasteiger partial charge in [-0.2, -0.15) is 0 Å². The highest BCUT2D eigenvalue weighted by Gasteiger charge is 2.42. The molecular weight excluding hydrogens is 301 g/mol. The Labute approximate surface area is 138 Å². The smallest absolute Gasteiger partial charge is 0.162 e. The minimum Gasteiger partial charge on any atom is -0.396 e. The van der Waals surface area contributed by atoms with Crippen molar-refractivity contribution in [3.63, 3.8) is 0 Å². The highest BCUT2D eigenvalue weighted by atomic mass is 19.2. The van der Waals surface area contributed by atoms with Crippen LogP contribution in [0, 0.1) is 29.6 Å². The number of aliphatic hydroxyl groups excluding tert-OH is 1. The molecule has 2 atom stereocenters. The summed E-state index contributed by atoms with van der Waals surface area (Å²) in [6, 6.07) is 0. The van der Waals surface area contributed by atoms with Crippen LogP contribution in [0.15, 0.2) is 0 Å². The second-order valence-electron chi connectivity index (χ2n) is 8.35. The monoisotopic (exact) mass is 332 g/mol. The predicted molar refractivity (Wildman–Crippen MR) is 85.4 cm³/mol. The fourth-order valence-corrected chi connectivity index (χ4v) is 5.48. The van der Waals surface area contributed by atoms with Crippen molar-refractivity contribution >= 4 is 0 Å². The first-order valence-corrected chi connectivity index (χ1v) is 9.61. The minimum atomic E-state index is -1.90. The molecule has 1 nitrogen and oxygen atoms in total. The first-order valence-electron chi connectivity index (χ1n) is 9.61. The molecule has 3 fully saturated rings. The first kappa shape index (κ1) is 17.6. The quantitative estimate of drug-likeness (QED) is 0.770. The van der Waals surface area contributed by atoms with Gasteiger partial charge < -0.3 is 5.11 Å². The molecule has 0 aromatic heterocycles. The van der Waals surface area contributed by atoms with Gasteiger partial charge in [0.15, 0.2) is 6.17 Å². The van der Waals surface area contributed by atoms with Gasteiger partial charge in [0.1, 0.15) is 12.3 Å². The highest BCUT2D eigenvalue weighted by Crippen LogP contribution is 2.46. The van der Waals surface area contributed by atoms with Gasteiger partial charge in [0.05, 0.1) is 0 Å². The molecule has 23 heavy (non-hydrogen) atoms. The summed E-state index contributed by atoms with van der Waals surface area (Å²) in [6.07, 6.45) is 4.55. The zero-order valence-electron chi connectivity index (χ0n) is 14.0. The fraction of sp³-hybridized carbons (Fsp3) is 1.00. The second-order valence-corrected chi connectivity index (χ2v) is 8.35. The van der Waals surface area contributed by atoms with Crippen molar-refractivity contribution in [2.45, 2.75) is 82.7 Å². The number of hydrogen-bond donors (Lipinski definition) is 1. The van der Waals surface area contributed by atoms with Gasteiger partial charge >= 0.3 is 0 Å². The Morgan fingerprint density at radius 1 is 0.609 bits per heavy atom. The third-order valence-corrected chi connectivity index (χ3v) is 7.05. The molecule has 0 saturated heterocycles. The third kappa shape index (κ3) is 4.05. The third-order valence-electron chi connectivity index (χ3n) is 7.05. The van der Waals surface area contributed by atoms with E-state index in [9.17, 15) is 18.3 Å². The summed E-state index contributed by atoms with van der Waals surface area (Å²) in [4.78, 5) is 0. The Morgan fingerprint density at radius 3 is 1.43 bits per heavy atom. The molecule has 0 heterocycles. The van der Waals surface area contributed by atoms with Crippen molar-refractivity contribution in [1.82, 2.24) is 0 Å². The molecule has 0 bridgehead atoms. The van der Waals surface area contributed by atoms with Crippen LogP contribution in [0.5, 0.6) is 0 Å². The molecule has 2 unspecified atom stereocenters. The average Bonchev–Trinajstić information content (AvgIpc) is 2.59. The van der Waals surface area contributed by atoms with E-state index in [4.69, 9.17) is 0 Å². The molecule has 0 aliphatic heterocycles. The van der Waals surface area contributed by atoms with E-state index >= 15 is 0 Å². The Kier molecular flexibility index (Phi) is 5.92. The molecular formula is C19H31F3O. The van der Waals surface area contributed by atoms with Gasteiger partial charge in [0.25, 0.3) is 0 Å². The van der Waals surface area contributed by atoms with Crippen molar-refractivity contribution < 1.29 is 18.3 Å². The summed E-state index contributed by atoms with van der Waals surface area (Å²) in [5.41, 5.74) is 0. The molecule has 3 aliphatic carbocycles. The molecule has 4 heteroatoms. The Bertz CT molecular complexity index is 350. The van der Waals surface area contributed by atoms with Crippen LogP contribution in [0.4, 0.5) is 13.2 Å². The minimum absolute atomic E-state index is 0.0399.